The highest BCUT2D eigenvalue weighted by Crippen LogP contribution is 2.10. The number of aliphatic carboxylic acids is 1. The number of esters is 1. The lowest BCUT2D eigenvalue weighted by Gasteiger charge is -2.05. The minimum Gasteiger partial charge on any atom is -0.478 e. The van der Waals surface area contributed by atoms with E-state index in [0.717, 1.165) is 0 Å². The first-order chi connectivity index (χ1) is 6.04. The number of hydrogen-bond acceptors (Lipinski definition) is 3. The van der Waals surface area contributed by atoms with E-state index in [4.69, 9.17) is 5.11 Å². The van der Waals surface area contributed by atoms with Crippen molar-refractivity contribution in [1.29, 1.82) is 0 Å². The summed E-state index contributed by atoms with van der Waals surface area (Å²) in [5, 5.41) is 8.70. The standard InChI is InChI=1S/C9H14O4/c1-4-7(8(10)11)6(3)9(12)13-5-2/h4-5H2,1-3H3,(H,10,11)/b7-6-. The Kier molecular flexibility index (Phi) is 4.80. The van der Waals surface area contributed by atoms with Crippen LogP contribution in [0.15, 0.2) is 11.1 Å². The minimum absolute atomic E-state index is 0.110. The van der Waals surface area contributed by atoms with Gasteiger partial charge in [-0.1, -0.05) is 6.92 Å². The van der Waals surface area contributed by atoms with Crippen molar-refractivity contribution in [2.45, 2.75) is 27.2 Å². The van der Waals surface area contributed by atoms with Crippen molar-refractivity contribution in [3.8, 4) is 0 Å². The molecule has 0 atom stereocenters. The molecular formula is C9H14O4. The maximum Gasteiger partial charge on any atom is 0.334 e. The highest BCUT2D eigenvalue weighted by molar-refractivity contribution is 5.99. The van der Waals surface area contributed by atoms with Gasteiger partial charge in [0, 0.05) is 11.1 Å². The summed E-state index contributed by atoms with van der Waals surface area (Å²) < 4.78 is 4.68. The Hall–Kier alpha value is -1.32. The summed E-state index contributed by atoms with van der Waals surface area (Å²) in [5.41, 5.74) is 0.287. The molecule has 0 saturated heterocycles. The summed E-state index contributed by atoms with van der Waals surface area (Å²) in [7, 11) is 0. The van der Waals surface area contributed by atoms with Crippen LogP contribution < -0.4 is 0 Å². The van der Waals surface area contributed by atoms with Gasteiger partial charge in [-0.2, -0.15) is 0 Å². The van der Waals surface area contributed by atoms with Gasteiger partial charge >= 0.3 is 11.9 Å². The first-order valence-corrected chi connectivity index (χ1v) is 4.14. The molecule has 13 heavy (non-hydrogen) atoms. The SMILES string of the molecule is CCOC(=O)/C(C)=C(/CC)C(=O)O. The van der Waals surface area contributed by atoms with Crippen molar-refractivity contribution in [2.24, 2.45) is 0 Å². The monoisotopic (exact) mass is 186 g/mol. The van der Waals surface area contributed by atoms with Gasteiger partial charge in [-0.3, -0.25) is 0 Å². The third-order valence-corrected chi connectivity index (χ3v) is 1.65. The second kappa shape index (κ2) is 5.35. The summed E-state index contributed by atoms with van der Waals surface area (Å²) >= 11 is 0. The Bertz CT molecular complexity index is 240. The average Bonchev–Trinajstić information content (AvgIpc) is 2.05. The summed E-state index contributed by atoms with van der Waals surface area (Å²) in [6, 6.07) is 0. The second-order valence-electron chi connectivity index (χ2n) is 2.48. The van der Waals surface area contributed by atoms with E-state index < -0.39 is 11.9 Å². The Labute approximate surface area is 77.2 Å². The Morgan fingerprint density at radius 3 is 2.15 bits per heavy atom. The van der Waals surface area contributed by atoms with Gasteiger partial charge in [0.1, 0.15) is 0 Å². The predicted molar refractivity (Wildman–Crippen MR) is 47.3 cm³/mol. The summed E-state index contributed by atoms with van der Waals surface area (Å²) in [4.78, 5) is 21.7. The minimum atomic E-state index is -1.06. The smallest absolute Gasteiger partial charge is 0.334 e. The number of carbonyl (C=O) groups is 2. The molecule has 0 aromatic heterocycles. The molecule has 0 saturated carbocycles. The highest BCUT2D eigenvalue weighted by Gasteiger charge is 2.15. The third-order valence-electron chi connectivity index (χ3n) is 1.65. The molecule has 0 spiro atoms. The topological polar surface area (TPSA) is 63.6 Å². The van der Waals surface area contributed by atoms with E-state index in [1.54, 1.807) is 13.8 Å². The lowest BCUT2D eigenvalue weighted by Crippen LogP contribution is -2.12. The molecule has 0 aliphatic carbocycles. The molecule has 1 N–H and O–H groups in total. The predicted octanol–water partition coefficient (Wildman–Crippen LogP) is 1.36. The molecule has 0 aromatic rings. The molecule has 0 heterocycles. The molecule has 0 radical (unpaired) electrons. The molecule has 0 fully saturated rings. The average molecular weight is 186 g/mol. The molecule has 0 aliphatic rings. The van der Waals surface area contributed by atoms with Crippen molar-refractivity contribution in [3.63, 3.8) is 0 Å². The van der Waals surface area contributed by atoms with Gasteiger partial charge in [0.05, 0.1) is 6.61 Å². The molecule has 0 aromatic carbocycles. The summed E-state index contributed by atoms with van der Waals surface area (Å²) in [6.45, 7) is 5.08. The Morgan fingerprint density at radius 1 is 1.31 bits per heavy atom. The molecule has 0 amide bonds. The molecule has 74 valence electrons. The molecular weight excluding hydrogens is 172 g/mol. The van der Waals surface area contributed by atoms with Crippen LogP contribution in [0, 0.1) is 0 Å². The molecule has 0 aliphatic heterocycles. The second-order valence-corrected chi connectivity index (χ2v) is 2.48. The van der Waals surface area contributed by atoms with Crippen molar-refractivity contribution < 1.29 is 19.4 Å². The maximum absolute atomic E-state index is 11.1. The Balaban J connectivity index is 4.74. The zero-order valence-corrected chi connectivity index (χ0v) is 8.09. The van der Waals surface area contributed by atoms with Crippen molar-refractivity contribution in [1.82, 2.24) is 0 Å². The first kappa shape index (κ1) is 11.7. The number of rotatable bonds is 4. The number of carbonyl (C=O) groups excluding carboxylic acids is 1. The number of carboxylic acids is 1. The van der Waals surface area contributed by atoms with Crippen LogP contribution in [0.4, 0.5) is 0 Å². The maximum atomic E-state index is 11.1. The van der Waals surface area contributed by atoms with Crippen LogP contribution in [-0.4, -0.2) is 23.7 Å². The molecule has 0 rings (SSSR count). The summed E-state index contributed by atoms with van der Waals surface area (Å²) in [6.07, 6.45) is 0.319. The van der Waals surface area contributed by atoms with Crippen molar-refractivity contribution in [3.05, 3.63) is 11.1 Å². The van der Waals surface area contributed by atoms with Gasteiger partial charge in [-0.05, 0) is 20.3 Å². The van der Waals surface area contributed by atoms with E-state index in [1.165, 1.54) is 6.92 Å². The fourth-order valence-electron chi connectivity index (χ4n) is 0.939. The van der Waals surface area contributed by atoms with Gasteiger partial charge in [0.25, 0.3) is 0 Å². The summed E-state index contributed by atoms with van der Waals surface area (Å²) in [5.74, 6) is -1.62. The van der Waals surface area contributed by atoms with Crippen LogP contribution in [-0.2, 0) is 14.3 Å². The zero-order chi connectivity index (χ0) is 10.4. The van der Waals surface area contributed by atoms with E-state index in [0.29, 0.717) is 6.42 Å². The molecule has 0 bridgehead atoms. The molecule has 4 nitrogen and oxygen atoms in total. The van der Waals surface area contributed by atoms with E-state index in [1.807, 2.05) is 0 Å². The Morgan fingerprint density at radius 2 is 1.85 bits per heavy atom. The fraction of sp³-hybridized carbons (Fsp3) is 0.556. The van der Waals surface area contributed by atoms with Gasteiger partial charge in [-0.15, -0.1) is 0 Å². The lowest BCUT2D eigenvalue weighted by molar-refractivity contribution is -0.140. The van der Waals surface area contributed by atoms with Gasteiger partial charge < -0.3 is 9.84 Å². The largest absolute Gasteiger partial charge is 0.478 e. The van der Waals surface area contributed by atoms with Crippen LogP contribution >= 0.6 is 0 Å². The number of ether oxygens (including phenoxy) is 1. The van der Waals surface area contributed by atoms with Crippen LogP contribution in [0.2, 0.25) is 0 Å². The van der Waals surface area contributed by atoms with Gasteiger partial charge in [0.2, 0.25) is 0 Å². The fourth-order valence-corrected chi connectivity index (χ4v) is 0.939. The van der Waals surface area contributed by atoms with E-state index in [9.17, 15) is 9.59 Å². The third kappa shape index (κ3) is 3.27. The van der Waals surface area contributed by atoms with Gasteiger partial charge in [-0.25, -0.2) is 9.59 Å². The van der Waals surface area contributed by atoms with E-state index in [2.05, 4.69) is 4.74 Å². The normalized spacial score (nSPS) is 11.9. The number of hydrogen-bond donors (Lipinski definition) is 1. The van der Waals surface area contributed by atoms with Crippen molar-refractivity contribution >= 4 is 11.9 Å². The van der Waals surface area contributed by atoms with Crippen LogP contribution in [0.5, 0.6) is 0 Å². The highest BCUT2D eigenvalue weighted by atomic mass is 16.5. The van der Waals surface area contributed by atoms with Crippen LogP contribution in [0.25, 0.3) is 0 Å². The van der Waals surface area contributed by atoms with E-state index in [-0.39, 0.29) is 17.8 Å². The first-order valence-electron chi connectivity index (χ1n) is 4.14. The van der Waals surface area contributed by atoms with Gasteiger partial charge in [0.15, 0.2) is 0 Å². The number of carboxylic acid groups (broad SMARTS) is 1. The van der Waals surface area contributed by atoms with Crippen LogP contribution in [0.1, 0.15) is 27.2 Å². The zero-order valence-electron chi connectivity index (χ0n) is 8.09. The van der Waals surface area contributed by atoms with Crippen molar-refractivity contribution in [2.75, 3.05) is 6.61 Å². The molecule has 4 heteroatoms. The van der Waals surface area contributed by atoms with Crippen LogP contribution in [0.3, 0.4) is 0 Å². The van der Waals surface area contributed by atoms with E-state index >= 15 is 0 Å². The molecule has 0 unspecified atom stereocenters. The quantitative estimate of drug-likeness (QED) is 0.532. The lowest BCUT2D eigenvalue weighted by atomic mass is 10.1.